The second-order valence-corrected chi connectivity index (χ2v) is 5.45. The maximum Gasteiger partial charge on any atom is -0.0142 e. The summed E-state index contributed by atoms with van der Waals surface area (Å²) in [5.41, 5.74) is 5.10. The Morgan fingerprint density at radius 3 is 2.57 bits per heavy atom. The van der Waals surface area contributed by atoms with Gasteiger partial charge in [0.1, 0.15) is 0 Å². The van der Waals surface area contributed by atoms with Crippen molar-refractivity contribution in [2.24, 2.45) is 5.41 Å². The van der Waals surface area contributed by atoms with Crippen LogP contribution in [0.5, 0.6) is 0 Å². The van der Waals surface area contributed by atoms with Crippen LogP contribution < -0.4 is 0 Å². The highest BCUT2D eigenvalue weighted by molar-refractivity contribution is 5.23. The molecule has 0 unspecified atom stereocenters. The molecule has 0 aromatic rings. The third kappa shape index (κ3) is 2.73. The summed E-state index contributed by atoms with van der Waals surface area (Å²) in [6, 6.07) is 0. The first-order chi connectivity index (χ1) is 6.43. The van der Waals surface area contributed by atoms with E-state index in [4.69, 9.17) is 0 Å². The van der Waals surface area contributed by atoms with Crippen LogP contribution in [0.2, 0.25) is 0 Å². The number of rotatable bonds is 3. The predicted octanol–water partition coefficient (Wildman–Crippen LogP) is 4.87. The van der Waals surface area contributed by atoms with Crippen molar-refractivity contribution in [3.8, 4) is 0 Å². The Balaban J connectivity index is 2.75. The molecule has 1 rings (SSSR count). The van der Waals surface area contributed by atoms with Crippen LogP contribution in [0.1, 0.15) is 59.8 Å². The fraction of sp³-hybridized carbons (Fsp3) is 0.714. The van der Waals surface area contributed by atoms with Gasteiger partial charge in [-0.15, -0.1) is 6.58 Å². The van der Waals surface area contributed by atoms with Crippen molar-refractivity contribution in [1.82, 2.24) is 0 Å². The average molecular weight is 192 g/mol. The molecule has 0 heterocycles. The first kappa shape index (κ1) is 11.6. The molecule has 0 radical (unpaired) electrons. The number of allylic oxidation sites excluding steroid dienone is 3. The Bertz CT molecular complexity index is 253. The van der Waals surface area contributed by atoms with Gasteiger partial charge in [-0.1, -0.05) is 30.6 Å². The Kier molecular flexibility index (Phi) is 3.58. The van der Waals surface area contributed by atoms with Gasteiger partial charge in [0.05, 0.1) is 0 Å². The lowest BCUT2D eigenvalue weighted by Gasteiger charge is -2.34. The van der Waals surface area contributed by atoms with Crippen LogP contribution in [0.25, 0.3) is 0 Å². The van der Waals surface area contributed by atoms with E-state index >= 15 is 0 Å². The highest BCUT2D eigenvalue weighted by Crippen LogP contribution is 2.42. The molecule has 0 fully saturated rings. The zero-order valence-electron chi connectivity index (χ0n) is 10.2. The minimum Gasteiger partial charge on any atom is -0.100 e. The lowest BCUT2D eigenvalue weighted by atomic mass is 9.71. The van der Waals surface area contributed by atoms with E-state index in [9.17, 15) is 0 Å². The van der Waals surface area contributed by atoms with Crippen molar-refractivity contribution < 1.29 is 0 Å². The lowest BCUT2D eigenvalue weighted by Crippen LogP contribution is -2.20. The topological polar surface area (TPSA) is 0 Å². The molecule has 0 saturated carbocycles. The number of hydrogen-bond donors (Lipinski definition) is 0. The van der Waals surface area contributed by atoms with Crippen LogP contribution in [-0.2, 0) is 0 Å². The summed E-state index contributed by atoms with van der Waals surface area (Å²) in [5, 5.41) is 0. The minimum atomic E-state index is 0.442. The standard InChI is InChI=1S/C14H24/c1-11(2)8-9-13-12(3)7-6-10-14(13,4)5/h1,6-10H2,2-5H3. The maximum absolute atomic E-state index is 3.99. The molecule has 1 aliphatic rings. The van der Waals surface area contributed by atoms with Crippen molar-refractivity contribution in [2.45, 2.75) is 59.8 Å². The van der Waals surface area contributed by atoms with E-state index in [0.29, 0.717) is 5.41 Å². The third-order valence-electron chi connectivity index (χ3n) is 3.49. The van der Waals surface area contributed by atoms with Crippen LogP contribution in [0.4, 0.5) is 0 Å². The summed E-state index contributed by atoms with van der Waals surface area (Å²) in [5.74, 6) is 0. The van der Waals surface area contributed by atoms with E-state index in [1.807, 2.05) is 0 Å². The Morgan fingerprint density at radius 2 is 2.07 bits per heavy atom. The molecule has 0 spiro atoms. The SMILES string of the molecule is C=C(C)CCC1=C(C)CCCC1(C)C. The van der Waals surface area contributed by atoms with Crippen LogP contribution in [-0.4, -0.2) is 0 Å². The van der Waals surface area contributed by atoms with Gasteiger partial charge in [-0.25, -0.2) is 0 Å². The van der Waals surface area contributed by atoms with Gasteiger partial charge in [0.15, 0.2) is 0 Å². The third-order valence-corrected chi connectivity index (χ3v) is 3.49. The molecular weight excluding hydrogens is 168 g/mol. The average Bonchev–Trinajstić information content (AvgIpc) is 2.01. The second-order valence-electron chi connectivity index (χ2n) is 5.45. The Morgan fingerprint density at radius 1 is 1.43 bits per heavy atom. The minimum absolute atomic E-state index is 0.442. The highest BCUT2D eigenvalue weighted by atomic mass is 14.3. The van der Waals surface area contributed by atoms with Crippen LogP contribution in [0.15, 0.2) is 23.3 Å². The monoisotopic (exact) mass is 192 g/mol. The van der Waals surface area contributed by atoms with Crippen molar-refractivity contribution in [3.63, 3.8) is 0 Å². The zero-order chi connectivity index (χ0) is 10.8. The first-order valence-corrected chi connectivity index (χ1v) is 5.77. The molecule has 14 heavy (non-hydrogen) atoms. The van der Waals surface area contributed by atoms with Gasteiger partial charge in [0.2, 0.25) is 0 Å². The Labute approximate surface area is 89.1 Å². The van der Waals surface area contributed by atoms with Crippen LogP contribution in [0, 0.1) is 5.41 Å². The molecule has 0 bridgehead atoms. The van der Waals surface area contributed by atoms with Gasteiger partial charge < -0.3 is 0 Å². The largest absolute Gasteiger partial charge is 0.100 e. The molecule has 0 aromatic heterocycles. The lowest BCUT2D eigenvalue weighted by molar-refractivity contribution is 0.354. The summed E-state index contributed by atoms with van der Waals surface area (Å²) >= 11 is 0. The maximum atomic E-state index is 3.99. The molecule has 1 aliphatic carbocycles. The van der Waals surface area contributed by atoms with E-state index < -0.39 is 0 Å². The van der Waals surface area contributed by atoms with Crippen molar-refractivity contribution in [1.29, 1.82) is 0 Å². The van der Waals surface area contributed by atoms with Crippen molar-refractivity contribution in [3.05, 3.63) is 23.3 Å². The van der Waals surface area contributed by atoms with E-state index in [1.54, 1.807) is 11.1 Å². The molecule has 0 saturated heterocycles. The molecular formula is C14H24. The van der Waals surface area contributed by atoms with Gasteiger partial charge in [-0.2, -0.15) is 0 Å². The second kappa shape index (κ2) is 4.33. The first-order valence-electron chi connectivity index (χ1n) is 5.77. The molecule has 0 heteroatoms. The van der Waals surface area contributed by atoms with Crippen molar-refractivity contribution >= 4 is 0 Å². The molecule has 0 aromatic carbocycles. The zero-order valence-corrected chi connectivity index (χ0v) is 10.2. The van der Waals surface area contributed by atoms with Crippen LogP contribution >= 0.6 is 0 Å². The number of hydrogen-bond acceptors (Lipinski definition) is 0. The van der Waals surface area contributed by atoms with Crippen molar-refractivity contribution in [2.75, 3.05) is 0 Å². The summed E-state index contributed by atoms with van der Waals surface area (Å²) in [6.45, 7) is 13.2. The smallest absolute Gasteiger partial charge is 0.0142 e. The summed E-state index contributed by atoms with van der Waals surface area (Å²) in [6.07, 6.45) is 6.44. The fourth-order valence-corrected chi connectivity index (χ4v) is 2.57. The van der Waals surface area contributed by atoms with E-state index in [2.05, 4.69) is 34.3 Å². The fourth-order valence-electron chi connectivity index (χ4n) is 2.57. The Hall–Kier alpha value is -0.520. The van der Waals surface area contributed by atoms with Gasteiger partial charge >= 0.3 is 0 Å². The summed E-state index contributed by atoms with van der Waals surface area (Å²) in [7, 11) is 0. The molecule has 0 amide bonds. The van der Waals surface area contributed by atoms with E-state index in [1.165, 1.54) is 31.3 Å². The van der Waals surface area contributed by atoms with Gasteiger partial charge in [0, 0.05) is 0 Å². The van der Waals surface area contributed by atoms with Gasteiger partial charge in [-0.3, -0.25) is 0 Å². The van der Waals surface area contributed by atoms with Gasteiger partial charge in [-0.05, 0) is 51.4 Å². The molecule has 0 N–H and O–H groups in total. The molecule has 80 valence electrons. The van der Waals surface area contributed by atoms with E-state index in [-0.39, 0.29) is 0 Å². The summed E-state index contributed by atoms with van der Waals surface area (Å²) < 4.78 is 0. The highest BCUT2D eigenvalue weighted by Gasteiger charge is 2.27. The van der Waals surface area contributed by atoms with Gasteiger partial charge in [0.25, 0.3) is 0 Å². The van der Waals surface area contributed by atoms with Crippen LogP contribution in [0.3, 0.4) is 0 Å². The molecule has 0 atom stereocenters. The normalized spacial score (nSPS) is 21.1. The quantitative estimate of drug-likeness (QED) is 0.560. The predicted molar refractivity (Wildman–Crippen MR) is 64.4 cm³/mol. The summed E-state index contributed by atoms with van der Waals surface area (Å²) in [4.78, 5) is 0. The molecule has 0 aliphatic heterocycles. The van der Waals surface area contributed by atoms with E-state index in [0.717, 1.165) is 6.42 Å². The molecule has 0 nitrogen and oxygen atoms in total.